The van der Waals surface area contributed by atoms with Gasteiger partial charge in [0.2, 0.25) is 0 Å². The number of Topliss-reactive ketones (excluding diaryl/α,β-unsaturated/α-hetero) is 1. The van der Waals surface area contributed by atoms with E-state index in [2.05, 4.69) is 10.6 Å². The zero-order valence-corrected chi connectivity index (χ0v) is 20.8. The van der Waals surface area contributed by atoms with Crippen molar-refractivity contribution in [2.75, 3.05) is 17.7 Å². The molecule has 0 aliphatic heterocycles. The molecule has 0 atom stereocenters. The second kappa shape index (κ2) is 10.8. The lowest BCUT2D eigenvalue weighted by Crippen LogP contribution is -2.26. The molecular weight excluding hydrogens is 491 g/mol. The van der Waals surface area contributed by atoms with Crippen molar-refractivity contribution in [2.45, 2.75) is 20.3 Å². The van der Waals surface area contributed by atoms with Crippen LogP contribution in [0.25, 0.3) is 11.1 Å². The van der Waals surface area contributed by atoms with Crippen LogP contribution in [0.2, 0.25) is 10.0 Å². The summed E-state index contributed by atoms with van der Waals surface area (Å²) in [6, 6.07) is 16.4. The second-order valence-corrected chi connectivity index (χ2v) is 9.33. The van der Waals surface area contributed by atoms with Crippen LogP contribution >= 0.6 is 23.2 Å². The monoisotopic (exact) mass is 514 g/mol. The van der Waals surface area contributed by atoms with Crippen molar-refractivity contribution in [1.82, 2.24) is 0 Å². The molecule has 0 aliphatic rings. The Morgan fingerprint density at radius 3 is 2.09 bits per heavy atom. The number of anilines is 2. The highest BCUT2D eigenvalue weighted by molar-refractivity contribution is 6.36. The van der Waals surface area contributed by atoms with E-state index in [0.29, 0.717) is 32.7 Å². The van der Waals surface area contributed by atoms with Gasteiger partial charge in [-0.05, 0) is 55.3 Å². The molecule has 0 heterocycles. The molecule has 0 radical (unpaired) electrons. The number of hydrogen-bond donors (Lipinski definition) is 3. The summed E-state index contributed by atoms with van der Waals surface area (Å²) in [6.45, 7) is 3.04. The first-order valence-electron chi connectivity index (χ1n) is 10.6. The Balaban J connectivity index is 1.73. The second-order valence-electron chi connectivity index (χ2n) is 8.48. The summed E-state index contributed by atoms with van der Waals surface area (Å²) in [4.78, 5) is 36.2. The number of urea groups is 1. The molecule has 9 heteroatoms. The maximum Gasteiger partial charge on any atom is 0.323 e. The fourth-order valence-corrected chi connectivity index (χ4v) is 3.72. The highest BCUT2D eigenvalue weighted by atomic mass is 35.5. The number of carbonyl (C=O) groups is 3. The number of ether oxygens (including phenoxy) is 1. The van der Waals surface area contributed by atoms with Crippen molar-refractivity contribution in [1.29, 1.82) is 0 Å². The van der Waals surface area contributed by atoms with Crippen LogP contribution in [0.3, 0.4) is 0 Å². The van der Waals surface area contributed by atoms with E-state index in [9.17, 15) is 19.5 Å². The lowest BCUT2D eigenvalue weighted by Gasteiger charge is -2.17. The van der Waals surface area contributed by atoms with Crippen molar-refractivity contribution >= 4 is 52.4 Å². The number of carbonyl (C=O) groups excluding carboxylic acids is 2. The molecule has 0 aromatic heterocycles. The first-order chi connectivity index (χ1) is 16.5. The molecule has 3 aromatic carbocycles. The highest BCUT2D eigenvalue weighted by Crippen LogP contribution is 2.32. The largest absolute Gasteiger partial charge is 0.495 e. The zero-order valence-electron chi connectivity index (χ0n) is 19.3. The van der Waals surface area contributed by atoms with Gasteiger partial charge in [-0.1, -0.05) is 53.5 Å². The van der Waals surface area contributed by atoms with Crippen molar-refractivity contribution in [2.24, 2.45) is 5.41 Å². The maximum atomic E-state index is 12.5. The summed E-state index contributed by atoms with van der Waals surface area (Å²) in [5, 5.41) is 15.4. The number of aliphatic carboxylic acids is 1. The SMILES string of the molecule is COc1cc(-c2ccc(C(=O)CC(C)(C)C(=O)O)cc2)ccc1NC(=O)Nc1ccc(Cl)cc1Cl. The molecule has 0 saturated carbocycles. The lowest BCUT2D eigenvalue weighted by molar-refractivity contribution is -0.146. The third-order valence-corrected chi connectivity index (χ3v) is 5.90. The van der Waals surface area contributed by atoms with E-state index in [4.69, 9.17) is 27.9 Å². The van der Waals surface area contributed by atoms with Crippen molar-refractivity contribution in [3.8, 4) is 16.9 Å². The minimum Gasteiger partial charge on any atom is -0.495 e. The van der Waals surface area contributed by atoms with Crippen LogP contribution in [-0.2, 0) is 4.79 Å². The Labute approximate surface area is 213 Å². The quantitative estimate of drug-likeness (QED) is 0.280. The minimum atomic E-state index is -1.14. The van der Waals surface area contributed by atoms with Crippen LogP contribution in [0.1, 0.15) is 30.6 Å². The number of halogens is 2. The minimum absolute atomic E-state index is 0.0980. The third kappa shape index (κ3) is 6.53. The molecule has 3 aromatic rings. The Morgan fingerprint density at radius 2 is 1.49 bits per heavy atom. The molecular formula is C26H24Cl2N2O5. The Hall–Kier alpha value is -3.55. The van der Waals surface area contributed by atoms with Gasteiger partial charge >= 0.3 is 12.0 Å². The lowest BCUT2D eigenvalue weighted by atomic mass is 9.85. The fraction of sp³-hybridized carbons (Fsp3) is 0.192. The number of amides is 2. The van der Waals surface area contributed by atoms with Crippen LogP contribution in [0.15, 0.2) is 60.7 Å². The number of benzene rings is 3. The molecule has 0 spiro atoms. The van der Waals surface area contributed by atoms with Gasteiger partial charge in [0.15, 0.2) is 5.78 Å². The predicted molar refractivity (Wildman–Crippen MR) is 138 cm³/mol. The van der Waals surface area contributed by atoms with E-state index < -0.39 is 17.4 Å². The Morgan fingerprint density at radius 1 is 0.886 bits per heavy atom. The molecule has 0 aliphatic carbocycles. The van der Waals surface area contributed by atoms with Gasteiger partial charge in [0.25, 0.3) is 0 Å². The fourth-order valence-electron chi connectivity index (χ4n) is 3.27. The van der Waals surface area contributed by atoms with E-state index in [0.717, 1.165) is 11.1 Å². The van der Waals surface area contributed by atoms with Crippen LogP contribution in [0.4, 0.5) is 16.2 Å². The molecule has 0 unspecified atom stereocenters. The van der Waals surface area contributed by atoms with Gasteiger partial charge in [0.1, 0.15) is 5.75 Å². The summed E-state index contributed by atoms with van der Waals surface area (Å²) in [5.74, 6) is -0.829. The van der Waals surface area contributed by atoms with Crippen LogP contribution in [0.5, 0.6) is 5.75 Å². The molecule has 0 saturated heterocycles. The smallest absolute Gasteiger partial charge is 0.323 e. The Bertz CT molecular complexity index is 1270. The summed E-state index contributed by atoms with van der Waals surface area (Å²) >= 11 is 12.0. The first kappa shape index (κ1) is 26.1. The predicted octanol–water partition coefficient (Wildman–Crippen LogP) is 7.00. The van der Waals surface area contributed by atoms with Gasteiger partial charge in [-0.2, -0.15) is 0 Å². The van der Waals surface area contributed by atoms with Gasteiger partial charge in [0.05, 0.1) is 28.9 Å². The topological polar surface area (TPSA) is 105 Å². The zero-order chi connectivity index (χ0) is 25.8. The summed E-state index contributed by atoms with van der Waals surface area (Å²) in [6.07, 6.45) is -0.0980. The summed E-state index contributed by atoms with van der Waals surface area (Å²) in [7, 11) is 1.49. The molecule has 35 heavy (non-hydrogen) atoms. The number of carboxylic acid groups (broad SMARTS) is 1. The van der Waals surface area contributed by atoms with E-state index in [1.165, 1.54) is 27.0 Å². The number of ketones is 1. The number of methoxy groups -OCH3 is 1. The van der Waals surface area contributed by atoms with E-state index in [1.54, 1.807) is 54.6 Å². The molecule has 0 bridgehead atoms. The van der Waals surface area contributed by atoms with Gasteiger partial charge in [-0.15, -0.1) is 0 Å². The normalized spacial score (nSPS) is 11.0. The molecule has 3 rings (SSSR count). The van der Waals surface area contributed by atoms with Crippen molar-refractivity contribution < 1.29 is 24.2 Å². The molecule has 7 nitrogen and oxygen atoms in total. The molecule has 2 amide bonds. The average Bonchev–Trinajstić information content (AvgIpc) is 2.81. The average molecular weight is 515 g/mol. The van der Waals surface area contributed by atoms with E-state index in [-0.39, 0.29) is 12.2 Å². The maximum absolute atomic E-state index is 12.5. The van der Waals surface area contributed by atoms with Crippen molar-refractivity contribution in [3.63, 3.8) is 0 Å². The van der Waals surface area contributed by atoms with E-state index >= 15 is 0 Å². The van der Waals surface area contributed by atoms with E-state index in [1.807, 2.05) is 0 Å². The third-order valence-electron chi connectivity index (χ3n) is 5.35. The Kier molecular flexibility index (Phi) is 8.04. The van der Waals surface area contributed by atoms with Gasteiger partial charge < -0.3 is 20.5 Å². The highest BCUT2D eigenvalue weighted by Gasteiger charge is 2.30. The van der Waals surface area contributed by atoms with Gasteiger partial charge in [0, 0.05) is 17.0 Å². The van der Waals surface area contributed by atoms with Crippen LogP contribution in [-0.4, -0.2) is 30.0 Å². The molecule has 182 valence electrons. The van der Waals surface area contributed by atoms with Gasteiger partial charge in [-0.25, -0.2) is 4.79 Å². The number of carboxylic acids is 1. The number of nitrogens with one attached hydrogen (secondary N) is 2. The first-order valence-corrected chi connectivity index (χ1v) is 11.3. The summed E-state index contributed by atoms with van der Waals surface area (Å²) in [5.41, 5.74) is 1.77. The molecule has 3 N–H and O–H groups in total. The standard InChI is InChI=1S/C26H24Cl2N2O5/c1-26(2,24(32)33)14-22(31)16-6-4-15(5-7-16)17-8-10-21(23(12-17)35-3)30-25(34)29-20-11-9-18(27)13-19(20)28/h4-13H,14H2,1-3H3,(H,32,33)(H2,29,30,34). The van der Waals surface area contributed by atoms with Crippen LogP contribution < -0.4 is 15.4 Å². The van der Waals surface area contributed by atoms with Gasteiger partial charge in [-0.3, -0.25) is 9.59 Å². The van der Waals surface area contributed by atoms with Crippen LogP contribution in [0, 0.1) is 5.41 Å². The number of hydrogen-bond acceptors (Lipinski definition) is 4. The molecule has 0 fully saturated rings. The van der Waals surface area contributed by atoms with Crippen molar-refractivity contribution in [3.05, 3.63) is 76.3 Å². The summed E-state index contributed by atoms with van der Waals surface area (Å²) < 4.78 is 5.44. The number of rotatable bonds is 8.